The van der Waals surface area contributed by atoms with E-state index in [1.807, 2.05) is 30.3 Å². The van der Waals surface area contributed by atoms with E-state index in [-0.39, 0.29) is 6.03 Å². The largest absolute Gasteiger partial charge is 0.467 e. The van der Waals surface area contributed by atoms with Crippen molar-refractivity contribution in [2.45, 2.75) is 6.54 Å². The number of likely N-dealkylation sites (N-methyl/N-ethyl adjacent to an activating group) is 1. The summed E-state index contributed by atoms with van der Waals surface area (Å²) in [7, 11) is 2.14. The van der Waals surface area contributed by atoms with Crippen molar-refractivity contribution in [1.29, 1.82) is 0 Å². The summed E-state index contributed by atoms with van der Waals surface area (Å²) in [5, 5.41) is 5.58. The first-order valence-electron chi connectivity index (χ1n) is 7.81. The molecule has 0 unspecified atom stereocenters. The molecule has 0 bridgehead atoms. The zero-order valence-electron chi connectivity index (χ0n) is 13.3. The third-order valence-corrected chi connectivity index (χ3v) is 4.00. The molecular weight excluding hydrogens is 292 g/mol. The number of benzene rings is 1. The van der Waals surface area contributed by atoms with E-state index in [9.17, 15) is 4.79 Å². The Labute approximate surface area is 136 Å². The Kier molecular flexibility index (Phi) is 4.83. The fourth-order valence-corrected chi connectivity index (χ4v) is 2.58. The number of nitrogens with one attached hydrogen (secondary N) is 2. The Morgan fingerprint density at radius 1 is 1.13 bits per heavy atom. The van der Waals surface area contributed by atoms with Gasteiger partial charge in [0.1, 0.15) is 5.76 Å². The van der Waals surface area contributed by atoms with Gasteiger partial charge in [-0.1, -0.05) is 0 Å². The third kappa shape index (κ3) is 4.26. The predicted molar refractivity (Wildman–Crippen MR) is 90.7 cm³/mol. The van der Waals surface area contributed by atoms with Crippen molar-refractivity contribution in [2.75, 3.05) is 43.4 Å². The van der Waals surface area contributed by atoms with Gasteiger partial charge in [-0.05, 0) is 43.4 Å². The minimum atomic E-state index is -0.242. The lowest BCUT2D eigenvalue weighted by molar-refractivity contribution is 0.251. The van der Waals surface area contributed by atoms with E-state index in [0.717, 1.165) is 37.6 Å². The van der Waals surface area contributed by atoms with Crippen LogP contribution in [0.5, 0.6) is 0 Å². The van der Waals surface area contributed by atoms with Gasteiger partial charge in [0.15, 0.2) is 0 Å². The molecule has 23 heavy (non-hydrogen) atoms. The van der Waals surface area contributed by atoms with Gasteiger partial charge < -0.3 is 24.9 Å². The zero-order chi connectivity index (χ0) is 16.1. The van der Waals surface area contributed by atoms with E-state index >= 15 is 0 Å². The van der Waals surface area contributed by atoms with Gasteiger partial charge in [0.25, 0.3) is 0 Å². The first-order valence-corrected chi connectivity index (χ1v) is 7.81. The van der Waals surface area contributed by atoms with Gasteiger partial charge in [-0.25, -0.2) is 4.79 Å². The summed E-state index contributed by atoms with van der Waals surface area (Å²) < 4.78 is 5.17. The lowest BCUT2D eigenvalue weighted by atomic mass is 10.2. The molecule has 2 N–H and O–H groups in total. The van der Waals surface area contributed by atoms with E-state index in [0.29, 0.717) is 6.54 Å². The van der Waals surface area contributed by atoms with Crippen LogP contribution in [0.3, 0.4) is 0 Å². The molecular formula is C17H22N4O2. The Bertz CT molecular complexity index is 617. The molecule has 0 radical (unpaired) electrons. The van der Waals surface area contributed by atoms with Gasteiger partial charge in [-0.15, -0.1) is 0 Å². The normalized spacial score (nSPS) is 15.4. The number of hydrogen-bond donors (Lipinski definition) is 2. The Balaban J connectivity index is 1.50. The van der Waals surface area contributed by atoms with Crippen molar-refractivity contribution in [3.8, 4) is 0 Å². The monoisotopic (exact) mass is 314 g/mol. The average molecular weight is 314 g/mol. The van der Waals surface area contributed by atoms with Crippen LogP contribution < -0.4 is 15.5 Å². The molecule has 6 nitrogen and oxygen atoms in total. The van der Waals surface area contributed by atoms with Crippen LogP contribution >= 0.6 is 0 Å². The highest BCUT2D eigenvalue weighted by Gasteiger charge is 2.14. The minimum Gasteiger partial charge on any atom is -0.467 e. The second-order valence-corrected chi connectivity index (χ2v) is 5.72. The maximum Gasteiger partial charge on any atom is 0.319 e. The molecule has 1 fully saturated rings. The molecule has 1 aliphatic heterocycles. The first kappa shape index (κ1) is 15.4. The summed E-state index contributed by atoms with van der Waals surface area (Å²) in [5.41, 5.74) is 1.97. The fourth-order valence-electron chi connectivity index (χ4n) is 2.58. The first-order chi connectivity index (χ1) is 11.2. The number of rotatable bonds is 4. The molecule has 1 saturated heterocycles. The Hall–Kier alpha value is -2.47. The van der Waals surface area contributed by atoms with E-state index in [1.54, 1.807) is 12.3 Å². The number of urea groups is 1. The number of piperazine rings is 1. The fraction of sp³-hybridized carbons (Fsp3) is 0.353. The summed E-state index contributed by atoms with van der Waals surface area (Å²) in [6, 6.07) is 11.3. The summed E-state index contributed by atoms with van der Waals surface area (Å²) in [6.45, 7) is 4.60. The highest BCUT2D eigenvalue weighted by molar-refractivity contribution is 5.89. The van der Waals surface area contributed by atoms with Crippen LogP contribution in [0, 0.1) is 0 Å². The smallest absolute Gasteiger partial charge is 0.319 e. The molecule has 2 heterocycles. The van der Waals surface area contributed by atoms with Crippen LogP contribution in [-0.2, 0) is 6.54 Å². The number of amides is 2. The van der Waals surface area contributed by atoms with Gasteiger partial charge in [0, 0.05) is 37.6 Å². The lowest BCUT2D eigenvalue weighted by Gasteiger charge is -2.34. The molecule has 6 heteroatoms. The molecule has 0 aliphatic carbocycles. The van der Waals surface area contributed by atoms with Crippen LogP contribution in [0.25, 0.3) is 0 Å². The maximum atomic E-state index is 11.9. The predicted octanol–water partition coefficient (Wildman–Crippen LogP) is 2.35. The van der Waals surface area contributed by atoms with Crippen LogP contribution in [0.2, 0.25) is 0 Å². The Morgan fingerprint density at radius 3 is 2.52 bits per heavy atom. The topological polar surface area (TPSA) is 60.8 Å². The van der Waals surface area contributed by atoms with Crippen molar-refractivity contribution in [3.05, 3.63) is 48.4 Å². The van der Waals surface area contributed by atoms with Crippen molar-refractivity contribution < 1.29 is 9.21 Å². The zero-order valence-corrected chi connectivity index (χ0v) is 13.3. The van der Waals surface area contributed by atoms with Crippen LogP contribution in [0.1, 0.15) is 5.76 Å². The van der Waals surface area contributed by atoms with Gasteiger partial charge >= 0.3 is 6.03 Å². The van der Waals surface area contributed by atoms with E-state index in [1.165, 1.54) is 5.69 Å². The van der Waals surface area contributed by atoms with Gasteiger partial charge in [0.05, 0.1) is 12.8 Å². The molecule has 0 saturated carbocycles. The molecule has 1 aliphatic rings. The van der Waals surface area contributed by atoms with Gasteiger partial charge in [0.2, 0.25) is 0 Å². The molecule has 1 aromatic heterocycles. The Morgan fingerprint density at radius 2 is 1.87 bits per heavy atom. The van der Waals surface area contributed by atoms with Crippen molar-refractivity contribution in [3.63, 3.8) is 0 Å². The SMILES string of the molecule is CN1CCN(c2ccc(NC(=O)NCc3ccco3)cc2)CC1. The summed E-state index contributed by atoms with van der Waals surface area (Å²) in [5.74, 6) is 0.727. The van der Waals surface area contributed by atoms with Crippen LogP contribution in [0.15, 0.2) is 47.1 Å². The molecule has 2 aromatic rings. The number of furan rings is 1. The molecule has 2 amide bonds. The quantitative estimate of drug-likeness (QED) is 0.909. The standard InChI is InChI=1S/C17H22N4O2/c1-20-8-10-21(11-9-20)15-6-4-14(5-7-15)19-17(22)18-13-16-3-2-12-23-16/h2-7,12H,8-11,13H2,1H3,(H2,18,19,22). The van der Waals surface area contributed by atoms with Crippen molar-refractivity contribution in [2.24, 2.45) is 0 Å². The van der Waals surface area contributed by atoms with Crippen LogP contribution in [-0.4, -0.2) is 44.2 Å². The van der Waals surface area contributed by atoms with Gasteiger partial charge in [-0.3, -0.25) is 0 Å². The van der Waals surface area contributed by atoms with E-state index < -0.39 is 0 Å². The minimum absolute atomic E-state index is 0.242. The highest BCUT2D eigenvalue weighted by Crippen LogP contribution is 2.19. The average Bonchev–Trinajstić information content (AvgIpc) is 3.08. The number of hydrogen-bond acceptors (Lipinski definition) is 4. The van der Waals surface area contributed by atoms with E-state index in [2.05, 4.69) is 27.5 Å². The third-order valence-electron chi connectivity index (χ3n) is 4.00. The van der Waals surface area contributed by atoms with Gasteiger partial charge in [-0.2, -0.15) is 0 Å². The van der Waals surface area contributed by atoms with E-state index in [4.69, 9.17) is 4.42 Å². The molecule has 0 spiro atoms. The molecule has 3 rings (SSSR count). The van der Waals surface area contributed by atoms with Crippen molar-refractivity contribution in [1.82, 2.24) is 10.2 Å². The second kappa shape index (κ2) is 7.19. The lowest BCUT2D eigenvalue weighted by Crippen LogP contribution is -2.44. The number of nitrogens with zero attached hydrogens (tertiary/aromatic N) is 2. The van der Waals surface area contributed by atoms with Crippen molar-refractivity contribution >= 4 is 17.4 Å². The maximum absolute atomic E-state index is 11.9. The van der Waals surface area contributed by atoms with Crippen LogP contribution in [0.4, 0.5) is 16.2 Å². The molecule has 122 valence electrons. The summed E-state index contributed by atoms with van der Waals surface area (Å²) in [6.07, 6.45) is 1.59. The second-order valence-electron chi connectivity index (χ2n) is 5.72. The summed E-state index contributed by atoms with van der Waals surface area (Å²) >= 11 is 0. The number of carbonyl (C=O) groups excluding carboxylic acids is 1. The summed E-state index contributed by atoms with van der Waals surface area (Å²) in [4.78, 5) is 16.5. The number of carbonyl (C=O) groups is 1. The molecule has 1 aromatic carbocycles. The highest BCUT2D eigenvalue weighted by atomic mass is 16.3. The molecule has 0 atom stereocenters. The number of anilines is 2.